The smallest absolute Gasteiger partial charge is 0.236 e. The second-order valence-electron chi connectivity index (χ2n) is 3.71. The maximum Gasteiger partial charge on any atom is 0.236 e. The molecule has 0 radical (unpaired) electrons. The minimum atomic E-state index is -0.995. The molecular formula is C15H7ClF2O. The van der Waals surface area contributed by atoms with Gasteiger partial charge in [-0.05, 0) is 48.4 Å². The first kappa shape index (κ1) is 13.3. The highest BCUT2D eigenvalue weighted by atomic mass is 35.5. The first-order valence-corrected chi connectivity index (χ1v) is 5.71. The summed E-state index contributed by atoms with van der Waals surface area (Å²) in [7, 11) is 0. The number of hydrogen-bond acceptors (Lipinski definition) is 1. The molecule has 94 valence electrons. The average Bonchev–Trinajstić information content (AvgIpc) is 2.40. The third kappa shape index (κ3) is 3.40. The lowest BCUT2D eigenvalue weighted by molar-refractivity contribution is 0.105. The number of carbonyl (C=O) groups is 1. The van der Waals surface area contributed by atoms with Gasteiger partial charge < -0.3 is 0 Å². The Bertz CT molecular complexity index is 682. The Labute approximate surface area is 113 Å². The van der Waals surface area contributed by atoms with E-state index in [9.17, 15) is 13.6 Å². The Hall–Kier alpha value is -2.18. The largest absolute Gasteiger partial charge is 0.279 e. The lowest BCUT2D eigenvalue weighted by atomic mass is 10.1. The maximum atomic E-state index is 12.9. The second-order valence-corrected chi connectivity index (χ2v) is 4.15. The molecule has 0 bridgehead atoms. The molecule has 0 atom stereocenters. The van der Waals surface area contributed by atoms with Gasteiger partial charge in [-0.15, -0.1) is 0 Å². The third-order valence-electron chi connectivity index (χ3n) is 2.35. The molecule has 0 amide bonds. The first-order chi connectivity index (χ1) is 9.06. The number of benzene rings is 2. The number of hydrogen-bond donors (Lipinski definition) is 0. The lowest BCUT2D eigenvalue weighted by Crippen LogP contribution is -1.94. The number of carbonyl (C=O) groups excluding carboxylic acids is 1. The number of rotatable bonds is 1. The van der Waals surface area contributed by atoms with Crippen LogP contribution in [0.15, 0.2) is 42.5 Å². The fourth-order valence-electron chi connectivity index (χ4n) is 1.38. The molecule has 0 spiro atoms. The summed E-state index contributed by atoms with van der Waals surface area (Å²) in [5.41, 5.74) is 0.626. The van der Waals surface area contributed by atoms with E-state index in [1.54, 1.807) is 24.3 Å². The highest BCUT2D eigenvalue weighted by Gasteiger charge is 2.03. The Morgan fingerprint density at radius 3 is 2.32 bits per heavy atom. The van der Waals surface area contributed by atoms with Crippen LogP contribution in [0.3, 0.4) is 0 Å². The van der Waals surface area contributed by atoms with Crippen LogP contribution in [-0.2, 0) is 0 Å². The van der Waals surface area contributed by atoms with E-state index >= 15 is 0 Å². The minimum Gasteiger partial charge on any atom is -0.279 e. The molecule has 0 aliphatic heterocycles. The van der Waals surface area contributed by atoms with Gasteiger partial charge in [0.2, 0.25) is 5.78 Å². The van der Waals surface area contributed by atoms with E-state index in [4.69, 9.17) is 11.6 Å². The van der Waals surface area contributed by atoms with Crippen molar-refractivity contribution in [2.24, 2.45) is 0 Å². The molecule has 0 saturated heterocycles. The van der Waals surface area contributed by atoms with Crippen LogP contribution in [0, 0.1) is 23.5 Å². The summed E-state index contributed by atoms with van der Waals surface area (Å²) in [6, 6.07) is 9.46. The molecule has 0 heterocycles. The molecule has 0 N–H and O–H groups in total. The van der Waals surface area contributed by atoms with Gasteiger partial charge in [-0.25, -0.2) is 8.78 Å². The molecule has 0 fully saturated rings. The molecule has 0 aliphatic rings. The Morgan fingerprint density at radius 1 is 1.00 bits per heavy atom. The lowest BCUT2D eigenvalue weighted by Gasteiger charge is -1.94. The summed E-state index contributed by atoms with van der Waals surface area (Å²) >= 11 is 5.70. The molecule has 19 heavy (non-hydrogen) atoms. The van der Waals surface area contributed by atoms with Gasteiger partial charge in [0.25, 0.3) is 0 Å². The molecular weight excluding hydrogens is 270 g/mol. The summed E-state index contributed by atoms with van der Waals surface area (Å²) in [6.45, 7) is 0. The Kier molecular flexibility index (Phi) is 3.94. The van der Waals surface area contributed by atoms with Gasteiger partial charge in [-0.2, -0.15) is 0 Å². The maximum absolute atomic E-state index is 12.9. The van der Waals surface area contributed by atoms with Gasteiger partial charge >= 0.3 is 0 Å². The molecule has 2 aromatic rings. The average molecular weight is 277 g/mol. The molecule has 0 aromatic heterocycles. The molecule has 0 unspecified atom stereocenters. The van der Waals surface area contributed by atoms with Crippen molar-refractivity contribution in [2.45, 2.75) is 0 Å². The highest BCUT2D eigenvalue weighted by Crippen LogP contribution is 2.10. The number of halogens is 3. The van der Waals surface area contributed by atoms with Gasteiger partial charge in [-0.3, -0.25) is 4.79 Å². The fourth-order valence-corrected chi connectivity index (χ4v) is 1.50. The molecule has 2 rings (SSSR count). The summed E-state index contributed by atoms with van der Waals surface area (Å²) in [4.78, 5) is 11.7. The van der Waals surface area contributed by atoms with Crippen molar-refractivity contribution in [3.05, 3.63) is 70.2 Å². The van der Waals surface area contributed by atoms with Crippen LogP contribution in [0.2, 0.25) is 5.02 Å². The zero-order valence-electron chi connectivity index (χ0n) is 9.58. The van der Waals surface area contributed by atoms with Crippen LogP contribution in [0.1, 0.15) is 15.9 Å². The van der Waals surface area contributed by atoms with E-state index in [2.05, 4.69) is 11.8 Å². The Morgan fingerprint density at radius 2 is 1.68 bits per heavy atom. The van der Waals surface area contributed by atoms with Crippen LogP contribution in [0.4, 0.5) is 8.78 Å². The molecule has 0 saturated carbocycles. The van der Waals surface area contributed by atoms with Crippen LogP contribution >= 0.6 is 11.6 Å². The van der Waals surface area contributed by atoms with Crippen molar-refractivity contribution < 1.29 is 13.6 Å². The van der Waals surface area contributed by atoms with Crippen molar-refractivity contribution in [1.29, 1.82) is 0 Å². The molecule has 2 aromatic carbocycles. The van der Waals surface area contributed by atoms with E-state index < -0.39 is 17.4 Å². The van der Waals surface area contributed by atoms with E-state index in [1.807, 2.05) is 0 Å². The highest BCUT2D eigenvalue weighted by molar-refractivity contribution is 6.30. The summed E-state index contributed by atoms with van der Waals surface area (Å²) in [5, 5.41) is 0.519. The summed E-state index contributed by atoms with van der Waals surface area (Å²) < 4.78 is 25.6. The van der Waals surface area contributed by atoms with Crippen LogP contribution < -0.4 is 0 Å². The second kappa shape index (κ2) is 5.64. The zero-order valence-corrected chi connectivity index (χ0v) is 10.3. The van der Waals surface area contributed by atoms with Crippen molar-refractivity contribution >= 4 is 17.4 Å². The van der Waals surface area contributed by atoms with Gasteiger partial charge in [-0.1, -0.05) is 17.5 Å². The van der Waals surface area contributed by atoms with Crippen molar-refractivity contribution in [3.8, 4) is 11.8 Å². The predicted molar refractivity (Wildman–Crippen MR) is 69.0 cm³/mol. The number of ketones is 1. The van der Waals surface area contributed by atoms with Gasteiger partial charge in [0.05, 0.1) is 0 Å². The SMILES string of the molecule is O=C(C#Cc1ccc(F)c(F)c1)c1ccc(Cl)cc1. The van der Waals surface area contributed by atoms with E-state index in [0.29, 0.717) is 10.6 Å². The standard InChI is InChI=1S/C15H7ClF2O/c16-12-5-3-11(4-6-12)15(19)8-2-10-1-7-13(17)14(18)9-10/h1,3-7,9H. The van der Waals surface area contributed by atoms with Crippen LogP contribution in [0.25, 0.3) is 0 Å². The zero-order chi connectivity index (χ0) is 13.8. The first-order valence-electron chi connectivity index (χ1n) is 5.33. The molecule has 1 nitrogen and oxygen atoms in total. The monoisotopic (exact) mass is 276 g/mol. The molecule has 4 heteroatoms. The van der Waals surface area contributed by atoms with Crippen molar-refractivity contribution in [1.82, 2.24) is 0 Å². The van der Waals surface area contributed by atoms with Crippen LogP contribution in [0.5, 0.6) is 0 Å². The van der Waals surface area contributed by atoms with Gasteiger partial charge in [0.1, 0.15) is 0 Å². The normalized spacial score (nSPS) is 9.63. The number of Topliss-reactive ketones (excluding diaryl/α,β-unsaturated/α-hetero) is 1. The third-order valence-corrected chi connectivity index (χ3v) is 2.60. The Balaban J connectivity index is 2.21. The minimum absolute atomic E-state index is 0.237. The topological polar surface area (TPSA) is 17.1 Å². The van der Waals surface area contributed by atoms with Gasteiger partial charge in [0, 0.05) is 16.1 Å². The van der Waals surface area contributed by atoms with Crippen LogP contribution in [-0.4, -0.2) is 5.78 Å². The predicted octanol–water partition coefficient (Wildman–Crippen LogP) is 3.85. The van der Waals surface area contributed by atoms with Gasteiger partial charge in [0.15, 0.2) is 11.6 Å². The van der Waals surface area contributed by atoms with E-state index in [1.165, 1.54) is 6.07 Å². The van der Waals surface area contributed by atoms with Crippen molar-refractivity contribution in [3.63, 3.8) is 0 Å². The van der Waals surface area contributed by atoms with E-state index in [-0.39, 0.29) is 5.56 Å². The summed E-state index contributed by atoms with van der Waals surface area (Å²) in [6.07, 6.45) is 0. The molecule has 0 aliphatic carbocycles. The quantitative estimate of drug-likeness (QED) is 0.571. The van der Waals surface area contributed by atoms with Crippen molar-refractivity contribution in [2.75, 3.05) is 0 Å². The fraction of sp³-hybridized carbons (Fsp3) is 0. The summed E-state index contributed by atoms with van der Waals surface area (Å²) in [5.74, 6) is 2.49. The van der Waals surface area contributed by atoms with E-state index in [0.717, 1.165) is 12.1 Å².